The van der Waals surface area contributed by atoms with E-state index in [1.807, 2.05) is 6.08 Å². The van der Waals surface area contributed by atoms with Crippen LogP contribution in [0.5, 0.6) is 0 Å². The lowest BCUT2D eigenvalue weighted by Crippen LogP contribution is -2.45. The molecular formula is C36H69NO4. The average Bonchev–Trinajstić information content (AvgIpc) is 2.96. The number of nitrogens with one attached hydrogen (secondary N) is 1. The average molecular weight is 580 g/mol. The zero-order chi connectivity index (χ0) is 30.2. The van der Waals surface area contributed by atoms with Crippen LogP contribution >= 0.6 is 0 Å². The van der Waals surface area contributed by atoms with Crippen LogP contribution in [-0.2, 0) is 4.79 Å². The van der Waals surface area contributed by atoms with E-state index in [9.17, 15) is 20.1 Å². The SMILES string of the molecule is CCCCCCCCCCCCCCC/C=C/CC/C=C/C(O)C(CO)NC(=O)CC(O)CCCCCCCCC. The minimum Gasteiger partial charge on any atom is -0.394 e. The highest BCUT2D eigenvalue weighted by Crippen LogP contribution is 2.14. The third-order valence-corrected chi connectivity index (χ3v) is 7.99. The van der Waals surface area contributed by atoms with E-state index in [-0.39, 0.29) is 18.9 Å². The zero-order valence-electron chi connectivity index (χ0n) is 27.2. The van der Waals surface area contributed by atoms with Crippen LogP contribution in [0.2, 0.25) is 0 Å². The van der Waals surface area contributed by atoms with Crippen LogP contribution in [-0.4, -0.2) is 46.1 Å². The summed E-state index contributed by atoms with van der Waals surface area (Å²) in [6.07, 6.45) is 36.1. The summed E-state index contributed by atoms with van der Waals surface area (Å²) in [5.74, 6) is -0.331. The van der Waals surface area contributed by atoms with E-state index in [4.69, 9.17) is 0 Å². The molecule has 0 aliphatic carbocycles. The minimum absolute atomic E-state index is 0.00676. The molecule has 0 aliphatic heterocycles. The number of allylic oxidation sites excluding steroid dienone is 3. The van der Waals surface area contributed by atoms with E-state index in [1.165, 1.54) is 116 Å². The van der Waals surface area contributed by atoms with Gasteiger partial charge >= 0.3 is 0 Å². The van der Waals surface area contributed by atoms with Crippen molar-refractivity contribution < 1.29 is 20.1 Å². The molecule has 0 aromatic rings. The fourth-order valence-corrected chi connectivity index (χ4v) is 5.24. The van der Waals surface area contributed by atoms with Crippen molar-refractivity contribution in [3.8, 4) is 0 Å². The molecule has 41 heavy (non-hydrogen) atoms. The number of hydrogen-bond donors (Lipinski definition) is 4. The molecule has 3 unspecified atom stereocenters. The van der Waals surface area contributed by atoms with Crippen molar-refractivity contribution in [2.45, 2.75) is 193 Å². The summed E-state index contributed by atoms with van der Waals surface area (Å²) in [4.78, 5) is 12.3. The van der Waals surface area contributed by atoms with Gasteiger partial charge < -0.3 is 20.6 Å². The Labute approximate surface area is 254 Å². The van der Waals surface area contributed by atoms with Gasteiger partial charge in [0, 0.05) is 0 Å². The van der Waals surface area contributed by atoms with Gasteiger partial charge in [-0.25, -0.2) is 0 Å². The summed E-state index contributed by atoms with van der Waals surface area (Å²) in [5.41, 5.74) is 0. The van der Waals surface area contributed by atoms with Crippen molar-refractivity contribution in [3.05, 3.63) is 24.3 Å². The molecule has 1 amide bonds. The summed E-state index contributed by atoms with van der Waals surface area (Å²) in [7, 11) is 0. The lowest BCUT2D eigenvalue weighted by atomic mass is 10.0. The molecule has 0 radical (unpaired) electrons. The van der Waals surface area contributed by atoms with Gasteiger partial charge in [-0.05, 0) is 32.1 Å². The summed E-state index contributed by atoms with van der Waals surface area (Å²) in [6.45, 7) is 4.14. The van der Waals surface area contributed by atoms with Gasteiger partial charge in [-0.15, -0.1) is 0 Å². The second kappa shape index (κ2) is 31.8. The van der Waals surface area contributed by atoms with Crippen molar-refractivity contribution in [1.82, 2.24) is 5.32 Å². The van der Waals surface area contributed by atoms with Crippen LogP contribution in [0.15, 0.2) is 24.3 Å². The van der Waals surface area contributed by atoms with Gasteiger partial charge in [-0.2, -0.15) is 0 Å². The molecule has 0 aliphatic rings. The molecule has 0 rings (SSSR count). The van der Waals surface area contributed by atoms with Gasteiger partial charge in [0.25, 0.3) is 0 Å². The van der Waals surface area contributed by atoms with Crippen molar-refractivity contribution in [1.29, 1.82) is 0 Å². The van der Waals surface area contributed by atoms with Gasteiger partial charge in [0.15, 0.2) is 0 Å². The Balaban J connectivity index is 3.75. The molecule has 0 spiro atoms. The van der Waals surface area contributed by atoms with E-state index in [0.717, 1.165) is 32.1 Å². The Morgan fingerprint density at radius 2 is 1.05 bits per heavy atom. The van der Waals surface area contributed by atoms with E-state index >= 15 is 0 Å². The number of aliphatic hydroxyl groups excluding tert-OH is 3. The van der Waals surface area contributed by atoms with Crippen molar-refractivity contribution in [2.75, 3.05) is 6.61 Å². The van der Waals surface area contributed by atoms with Gasteiger partial charge in [0.05, 0.1) is 31.3 Å². The fourth-order valence-electron chi connectivity index (χ4n) is 5.24. The first-order valence-electron chi connectivity index (χ1n) is 17.6. The highest BCUT2D eigenvalue weighted by Gasteiger charge is 2.20. The first kappa shape index (κ1) is 39.8. The molecule has 0 fully saturated rings. The van der Waals surface area contributed by atoms with E-state index in [2.05, 4.69) is 31.3 Å². The number of unbranched alkanes of at least 4 members (excludes halogenated alkanes) is 20. The van der Waals surface area contributed by atoms with Crippen LogP contribution < -0.4 is 5.32 Å². The third-order valence-electron chi connectivity index (χ3n) is 7.99. The van der Waals surface area contributed by atoms with Gasteiger partial charge in [-0.1, -0.05) is 160 Å². The highest BCUT2D eigenvalue weighted by atomic mass is 16.3. The second-order valence-electron chi connectivity index (χ2n) is 12.1. The van der Waals surface area contributed by atoms with E-state index in [0.29, 0.717) is 6.42 Å². The van der Waals surface area contributed by atoms with Gasteiger partial charge in [0.1, 0.15) is 0 Å². The molecule has 4 N–H and O–H groups in total. The molecule has 0 saturated carbocycles. The van der Waals surface area contributed by atoms with Crippen LogP contribution in [0.1, 0.15) is 174 Å². The van der Waals surface area contributed by atoms with Gasteiger partial charge in [0.2, 0.25) is 5.91 Å². The summed E-state index contributed by atoms with van der Waals surface area (Å²) in [6, 6.07) is -0.754. The summed E-state index contributed by atoms with van der Waals surface area (Å²) in [5, 5.41) is 32.8. The minimum atomic E-state index is -0.945. The Morgan fingerprint density at radius 3 is 1.56 bits per heavy atom. The largest absolute Gasteiger partial charge is 0.394 e. The van der Waals surface area contributed by atoms with E-state index < -0.39 is 18.2 Å². The van der Waals surface area contributed by atoms with Crippen molar-refractivity contribution in [2.24, 2.45) is 0 Å². The molecule has 5 nitrogen and oxygen atoms in total. The Hall–Kier alpha value is -1.17. The van der Waals surface area contributed by atoms with Crippen LogP contribution in [0.4, 0.5) is 0 Å². The Bertz CT molecular complexity index is 606. The zero-order valence-corrected chi connectivity index (χ0v) is 27.2. The number of carbonyl (C=O) groups is 1. The molecule has 242 valence electrons. The predicted octanol–water partition coefficient (Wildman–Crippen LogP) is 9.09. The van der Waals surface area contributed by atoms with Crippen molar-refractivity contribution >= 4 is 5.91 Å². The summed E-state index contributed by atoms with van der Waals surface area (Å²) >= 11 is 0. The smallest absolute Gasteiger partial charge is 0.222 e. The molecular weight excluding hydrogens is 510 g/mol. The standard InChI is InChI=1S/C36H69NO4/c1-3-5-7-9-11-12-13-14-15-16-17-18-19-20-21-22-24-26-28-30-35(40)34(32-38)37-36(41)31-33(39)29-27-25-23-10-8-6-4-2/h21-22,28,30,33-35,38-40H,3-20,23-27,29,31-32H2,1-2H3,(H,37,41)/b22-21+,30-28+. The number of rotatable bonds is 31. The molecule has 5 heteroatoms. The first-order valence-corrected chi connectivity index (χ1v) is 17.6. The quantitative estimate of drug-likeness (QED) is 0.0487. The maximum atomic E-state index is 12.3. The number of hydrogen-bond acceptors (Lipinski definition) is 4. The monoisotopic (exact) mass is 580 g/mol. The highest BCUT2D eigenvalue weighted by molar-refractivity contribution is 5.76. The van der Waals surface area contributed by atoms with Crippen LogP contribution in [0.25, 0.3) is 0 Å². The number of amides is 1. The maximum absolute atomic E-state index is 12.3. The Morgan fingerprint density at radius 1 is 0.610 bits per heavy atom. The molecule has 0 heterocycles. The normalized spacial score (nSPS) is 14.2. The molecule has 0 bridgehead atoms. The third kappa shape index (κ3) is 28.7. The fraction of sp³-hybridized carbons (Fsp3) is 0.861. The predicted molar refractivity (Wildman–Crippen MR) is 176 cm³/mol. The molecule has 0 saturated heterocycles. The maximum Gasteiger partial charge on any atom is 0.222 e. The van der Waals surface area contributed by atoms with E-state index in [1.54, 1.807) is 6.08 Å². The Kier molecular flexibility index (Phi) is 30.9. The molecule has 3 atom stereocenters. The topological polar surface area (TPSA) is 89.8 Å². The lowest BCUT2D eigenvalue weighted by molar-refractivity contribution is -0.124. The number of aliphatic hydroxyl groups is 3. The van der Waals surface area contributed by atoms with Gasteiger partial charge in [-0.3, -0.25) is 4.79 Å². The first-order chi connectivity index (χ1) is 20.0. The van der Waals surface area contributed by atoms with Crippen molar-refractivity contribution in [3.63, 3.8) is 0 Å². The molecule has 0 aromatic carbocycles. The lowest BCUT2D eigenvalue weighted by Gasteiger charge is -2.21. The molecule has 0 aromatic heterocycles. The number of carbonyl (C=O) groups excluding carboxylic acids is 1. The summed E-state index contributed by atoms with van der Waals surface area (Å²) < 4.78 is 0. The van der Waals surface area contributed by atoms with Crippen LogP contribution in [0.3, 0.4) is 0 Å². The second-order valence-corrected chi connectivity index (χ2v) is 12.1. The van der Waals surface area contributed by atoms with Crippen LogP contribution in [0, 0.1) is 0 Å².